The van der Waals surface area contributed by atoms with Gasteiger partial charge >= 0.3 is 0 Å². The lowest BCUT2D eigenvalue weighted by Crippen LogP contribution is -2.33. The lowest BCUT2D eigenvalue weighted by molar-refractivity contribution is -0.384. The molecule has 8 nitrogen and oxygen atoms in total. The van der Waals surface area contributed by atoms with E-state index in [1.165, 1.54) is 12.1 Å². The maximum Gasteiger partial charge on any atom is 0.270 e. The van der Waals surface area contributed by atoms with E-state index >= 15 is 0 Å². The van der Waals surface area contributed by atoms with Crippen molar-refractivity contribution in [2.45, 2.75) is 31.8 Å². The number of rotatable bonds is 7. The highest BCUT2D eigenvalue weighted by molar-refractivity contribution is 6.30. The molecule has 1 amide bonds. The molecule has 1 heterocycles. The van der Waals surface area contributed by atoms with Gasteiger partial charge in [0.15, 0.2) is 0 Å². The van der Waals surface area contributed by atoms with E-state index in [1.54, 1.807) is 29.2 Å². The van der Waals surface area contributed by atoms with Crippen LogP contribution >= 0.6 is 11.6 Å². The smallest absolute Gasteiger partial charge is 0.270 e. The van der Waals surface area contributed by atoms with E-state index in [1.807, 2.05) is 12.1 Å². The molecule has 9 heteroatoms. The van der Waals surface area contributed by atoms with Gasteiger partial charge in [-0.1, -0.05) is 29.8 Å². The summed E-state index contributed by atoms with van der Waals surface area (Å²) in [5.74, 6) is 0.456. The van der Waals surface area contributed by atoms with Crippen LogP contribution in [0.4, 0.5) is 5.69 Å². The molecule has 1 aliphatic carbocycles. The molecule has 0 bridgehead atoms. The average molecular weight is 413 g/mol. The van der Waals surface area contributed by atoms with E-state index in [9.17, 15) is 14.9 Å². The topological polar surface area (TPSA) is 102 Å². The molecular formula is C20H17ClN4O4. The second kappa shape index (κ2) is 8.00. The summed E-state index contributed by atoms with van der Waals surface area (Å²) >= 11 is 5.90. The third kappa shape index (κ3) is 4.60. The van der Waals surface area contributed by atoms with Crippen molar-refractivity contribution in [3.05, 3.63) is 75.1 Å². The predicted octanol–water partition coefficient (Wildman–Crippen LogP) is 4.03. The molecule has 2 aromatic carbocycles. The fraction of sp³-hybridized carbons (Fsp3) is 0.250. The van der Waals surface area contributed by atoms with Crippen LogP contribution in [0.1, 0.15) is 24.3 Å². The number of hydrogen-bond donors (Lipinski definition) is 0. The zero-order chi connectivity index (χ0) is 20.4. The Kier molecular flexibility index (Phi) is 5.26. The van der Waals surface area contributed by atoms with Crippen LogP contribution in [0.3, 0.4) is 0 Å². The molecule has 0 saturated heterocycles. The summed E-state index contributed by atoms with van der Waals surface area (Å²) in [7, 11) is 0. The first kappa shape index (κ1) is 19.1. The SMILES string of the molecule is O=C(Cc1ccc(Cl)cc1)N(Cc1nnc(-c2cccc([N+](=O)[O-])c2)o1)C1CC1. The molecule has 0 atom stereocenters. The molecule has 4 rings (SSSR count). The highest BCUT2D eigenvalue weighted by atomic mass is 35.5. The van der Waals surface area contributed by atoms with E-state index in [2.05, 4.69) is 10.2 Å². The number of nitro benzene ring substituents is 1. The quantitative estimate of drug-likeness (QED) is 0.428. The Bertz CT molecular complexity index is 1050. The molecule has 0 aliphatic heterocycles. The molecular weight excluding hydrogens is 396 g/mol. The molecule has 0 unspecified atom stereocenters. The lowest BCUT2D eigenvalue weighted by Gasteiger charge is -2.20. The van der Waals surface area contributed by atoms with Gasteiger partial charge in [0.05, 0.1) is 17.9 Å². The van der Waals surface area contributed by atoms with Gasteiger partial charge in [0.25, 0.3) is 5.69 Å². The number of benzene rings is 2. The van der Waals surface area contributed by atoms with Crippen LogP contribution in [0.15, 0.2) is 52.9 Å². The van der Waals surface area contributed by atoms with Crippen LogP contribution in [0, 0.1) is 10.1 Å². The van der Waals surface area contributed by atoms with E-state index < -0.39 is 4.92 Å². The molecule has 1 aromatic heterocycles. The number of nitro groups is 1. The third-order valence-electron chi connectivity index (χ3n) is 4.65. The van der Waals surface area contributed by atoms with Crippen LogP contribution in [0.2, 0.25) is 5.02 Å². The molecule has 0 spiro atoms. The second-order valence-electron chi connectivity index (χ2n) is 6.86. The number of halogens is 1. The van der Waals surface area contributed by atoms with Crippen molar-refractivity contribution in [3.8, 4) is 11.5 Å². The second-order valence-corrected chi connectivity index (χ2v) is 7.30. The van der Waals surface area contributed by atoms with Crippen molar-refractivity contribution < 1.29 is 14.1 Å². The highest BCUT2D eigenvalue weighted by Gasteiger charge is 2.33. The fourth-order valence-corrected chi connectivity index (χ4v) is 3.14. The first-order valence-electron chi connectivity index (χ1n) is 9.11. The molecule has 148 valence electrons. The minimum Gasteiger partial charge on any atom is -0.419 e. The Morgan fingerprint density at radius 3 is 2.66 bits per heavy atom. The third-order valence-corrected chi connectivity index (χ3v) is 4.90. The molecule has 0 radical (unpaired) electrons. The van der Waals surface area contributed by atoms with Gasteiger partial charge in [0.2, 0.25) is 17.7 Å². The first-order valence-corrected chi connectivity index (χ1v) is 9.48. The van der Waals surface area contributed by atoms with Crippen LogP contribution in [0.25, 0.3) is 11.5 Å². The molecule has 1 fully saturated rings. The Morgan fingerprint density at radius 1 is 1.21 bits per heavy atom. The number of non-ortho nitro benzene ring substituents is 1. The van der Waals surface area contributed by atoms with Crippen LogP contribution in [-0.2, 0) is 17.8 Å². The van der Waals surface area contributed by atoms with Crippen molar-refractivity contribution in [2.24, 2.45) is 0 Å². The summed E-state index contributed by atoms with van der Waals surface area (Å²) in [5, 5.41) is 19.6. The maximum atomic E-state index is 12.8. The van der Waals surface area contributed by atoms with Crippen molar-refractivity contribution in [1.29, 1.82) is 0 Å². The fourth-order valence-electron chi connectivity index (χ4n) is 3.02. The monoisotopic (exact) mass is 412 g/mol. The van der Waals surface area contributed by atoms with Crippen LogP contribution in [-0.4, -0.2) is 32.0 Å². The number of hydrogen-bond acceptors (Lipinski definition) is 6. The largest absolute Gasteiger partial charge is 0.419 e. The summed E-state index contributed by atoms with van der Waals surface area (Å²) in [5.41, 5.74) is 1.29. The highest BCUT2D eigenvalue weighted by Crippen LogP contribution is 2.30. The van der Waals surface area contributed by atoms with Crippen LogP contribution in [0.5, 0.6) is 0 Å². The Morgan fingerprint density at radius 2 is 1.97 bits per heavy atom. The molecule has 1 aliphatic rings. The van der Waals surface area contributed by atoms with Gasteiger partial charge in [-0.2, -0.15) is 0 Å². The van der Waals surface area contributed by atoms with E-state index in [4.69, 9.17) is 16.0 Å². The number of nitrogens with zero attached hydrogens (tertiary/aromatic N) is 4. The minimum absolute atomic E-state index is 0.0232. The molecule has 29 heavy (non-hydrogen) atoms. The summed E-state index contributed by atoms with van der Waals surface area (Å²) < 4.78 is 5.67. The lowest BCUT2D eigenvalue weighted by atomic mass is 10.1. The van der Waals surface area contributed by atoms with Crippen LogP contribution < -0.4 is 0 Å². The van der Waals surface area contributed by atoms with Gasteiger partial charge in [0, 0.05) is 28.8 Å². The van der Waals surface area contributed by atoms with Gasteiger partial charge in [-0.25, -0.2) is 0 Å². The van der Waals surface area contributed by atoms with E-state index in [0.717, 1.165) is 18.4 Å². The van der Waals surface area contributed by atoms with E-state index in [0.29, 0.717) is 16.5 Å². The normalized spacial score (nSPS) is 13.3. The van der Waals surface area contributed by atoms with Gasteiger partial charge in [-0.15, -0.1) is 10.2 Å². The minimum atomic E-state index is -0.481. The first-order chi connectivity index (χ1) is 14.0. The molecule has 3 aromatic rings. The summed E-state index contributed by atoms with van der Waals surface area (Å²) in [6, 6.07) is 13.3. The maximum absolute atomic E-state index is 12.8. The molecule has 0 N–H and O–H groups in total. The Balaban J connectivity index is 1.48. The van der Waals surface area contributed by atoms with E-state index in [-0.39, 0.29) is 36.5 Å². The van der Waals surface area contributed by atoms with Gasteiger partial charge in [0.1, 0.15) is 0 Å². The van der Waals surface area contributed by atoms with Crippen molar-refractivity contribution in [2.75, 3.05) is 0 Å². The summed E-state index contributed by atoms with van der Waals surface area (Å²) in [4.78, 5) is 25.0. The zero-order valence-electron chi connectivity index (χ0n) is 15.3. The predicted molar refractivity (Wildman–Crippen MR) is 105 cm³/mol. The summed E-state index contributed by atoms with van der Waals surface area (Å²) in [6.45, 7) is 0.207. The molecule has 1 saturated carbocycles. The number of carbonyl (C=O) groups excluding carboxylic acids is 1. The summed E-state index contributed by atoms with van der Waals surface area (Å²) in [6.07, 6.45) is 2.15. The Labute approximate surface area is 171 Å². The standard InChI is InChI=1S/C20H17ClN4O4/c21-15-6-4-13(5-7-15)10-19(26)24(16-8-9-16)12-18-22-23-20(29-18)14-2-1-3-17(11-14)25(27)28/h1-7,11,16H,8-10,12H2. The average Bonchev–Trinajstić information content (AvgIpc) is 3.45. The van der Waals surface area contributed by atoms with Gasteiger partial charge in [-0.3, -0.25) is 14.9 Å². The van der Waals surface area contributed by atoms with Gasteiger partial charge < -0.3 is 9.32 Å². The van der Waals surface area contributed by atoms with Crippen molar-refractivity contribution in [1.82, 2.24) is 15.1 Å². The zero-order valence-corrected chi connectivity index (χ0v) is 16.1. The van der Waals surface area contributed by atoms with Crippen molar-refractivity contribution in [3.63, 3.8) is 0 Å². The van der Waals surface area contributed by atoms with Crippen molar-refractivity contribution >= 4 is 23.2 Å². The number of carbonyl (C=O) groups is 1. The van der Waals surface area contributed by atoms with Gasteiger partial charge in [-0.05, 0) is 36.6 Å². The number of aromatic nitrogens is 2. The number of amides is 1. The Hall–Kier alpha value is -3.26.